The van der Waals surface area contributed by atoms with Crippen molar-refractivity contribution in [2.75, 3.05) is 5.32 Å². The summed E-state index contributed by atoms with van der Waals surface area (Å²) < 4.78 is 1.91. The molecule has 2 aromatic heterocycles. The number of nitrogens with zero attached hydrogens (tertiary/aromatic N) is 4. The van der Waals surface area contributed by atoms with Gasteiger partial charge in [0.2, 0.25) is 5.13 Å². The highest BCUT2D eigenvalue weighted by Gasteiger charge is 2.09. The van der Waals surface area contributed by atoms with E-state index < -0.39 is 0 Å². The molecule has 1 N–H and O–H groups in total. The van der Waals surface area contributed by atoms with E-state index in [0.29, 0.717) is 12.5 Å². The molecule has 5 nitrogen and oxygen atoms in total. The van der Waals surface area contributed by atoms with Crippen LogP contribution in [0.4, 0.5) is 5.13 Å². The molecule has 2 heterocycles. The molecular formula is C16H19N5S. The molecule has 0 saturated heterocycles. The van der Waals surface area contributed by atoms with Crippen molar-refractivity contribution in [3.63, 3.8) is 0 Å². The van der Waals surface area contributed by atoms with Gasteiger partial charge in [-0.15, -0.1) is 10.2 Å². The van der Waals surface area contributed by atoms with E-state index in [1.165, 1.54) is 5.56 Å². The summed E-state index contributed by atoms with van der Waals surface area (Å²) >= 11 is 1.61. The minimum Gasteiger partial charge on any atom is -0.356 e. The van der Waals surface area contributed by atoms with Gasteiger partial charge in [-0.2, -0.15) is 5.10 Å². The van der Waals surface area contributed by atoms with Crippen LogP contribution in [0.1, 0.15) is 36.0 Å². The Hall–Kier alpha value is -2.21. The molecule has 0 amide bonds. The smallest absolute Gasteiger partial charge is 0.205 e. The zero-order chi connectivity index (χ0) is 15.5. The number of rotatable bonds is 5. The highest BCUT2D eigenvalue weighted by atomic mass is 32.1. The Labute approximate surface area is 134 Å². The number of anilines is 1. The van der Waals surface area contributed by atoms with Crippen molar-refractivity contribution in [2.45, 2.75) is 33.2 Å². The van der Waals surface area contributed by atoms with Crippen LogP contribution in [-0.4, -0.2) is 20.0 Å². The Bertz CT molecular complexity index is 759. The van der Waals surface area contributed by atoms with Gasteiger partial charge in [-0.05, 0) is 24.6 Å². The number of hydrogen-bond acceptors (Lipinski definition) is 5. The lowest BCUT2D eigenvalue weighted by Crippen LogP contribution is -2.05. The first-order chi connectivity index (χ1) is 10.6. The summed E-state index contributed by atoms with van der Waals surface area (Å²) in [5, 5.41) is 18.1. The molecule has 0 unspecified atom stereocenters. The van der Waals surface area contributed by atoms with E-state index in [1.807, 2.05) is 36.0 Å². The molecule has 0 aliphatic carbocycles. The Balaban J connectivity index is 1.77. The molecule has 3 aromatic rings. The molecular weight excluding hydrogens is 294 g/mol. The predicted octanol–water partition coefficient (Wildman–Crippen LogP) is 3.77. The molecule has 0 fully saturated rings. The first kappa shape index (κ1) is 14.7. The second kappa shape index (κ2) is 6.27. The minimum absolute atomic E-state index is 0.410. The molecule has 0 radical (unpaired) electrons. The maximum Gasteiger partial charge on any atom is 0.205 e. The van der Waals surface area contributed by atoms with Crippen molar-refractivity contribution < 1.29 is 0 Å². The van der Waals surface area contributed by atoms with Gasteiger partial charge in [0.1, 0.15) is 5.01 Å². The van der Waals surface area contributed by atoms with Gasteiger partial charge in [-0.3, -0.25) is 0 Å². The SMILES string of the molecule is Cc1ccn(-c2ccccc2CNc2nnc(C(C)C)s2)n1. The van der Waals surface area contributed by atoms with E-state index in [1.54, 1.807) is 11.3 Å². The van der Waals surface area contributed by atoms with Gasteiger partial charge >= 0.3 is 0 Å². The largest absolute Gasteiger partial charge is 0.356 e. The lowest BCUT2D eigenvalue weighted by atomic mass is 10.2. The molecule has 3 rings (SSSR count). The van der Waals surface area contributed by atoms with Crippen LogP contribution in [0.25, 0.3) is 5.69 Å². The van der Waals surface area contributed by atoms with Crippen molar-refractivity contribution in [3.8, 4) is 5.69 Å². The van der Waals surface area contributed by atoms with E-state index in [9.17, 15) is 0 Å². The van der Waals surface area contributed by atoms with Gasteiger partial charge in [0, 0.05) is 18.7 Å². The zero-order valence-corrected chi connectivity index (χ0v) is 13.8. The topological polar surface area (TPSA) is 55.6 Å². The molecule has 22 heavy (non-hydrogen) atoms. The number of aryl methyl sites for hydroxylation is 1. The van der Waals surface area contributed by atoms with Crippen LogP contribution < -0.4 is 5.32 Å². The average molecular weight is 313 g/mol. The fourth-order valence-corrected chi connectivity index (χ4v) is 2.88. The van der Waals surface area contributed by atoms with Crippen molar-refractivity contribution in [2.24, 2.45) is 0 Å². The molecule has 0 saturated carbocycles. The molecule has 0 spiro atoms. The number of nitrogens with one attached hydrogen (secondary N) is 1. The third-order valence-corrected chi connectivity index (χ3v) is 4.51. The molecule has 6 heteroatoms. The summed E-state index contributed by atoms with van der Waals surface area (Å²) in [7, 11) is 0. The highest BCUT2D eigenvalue weighted by Crippen LogP contribution is 2.23. The fourth-order valence-electron chi connectivity index (χ4n) is 2.14. The monoisotopic (exact) mass is 313 g/mol. The predicted molar refractivity (Wildman–Crippen MR) is 89.6 cm³/mol. The van der Waals surface area contributed by atoms with Gasteiger partial charge in [0.05, 0.1) is 11.4 Å². The Kier molecular flexibility index (Phi) is 4.20. The van der Waals surface area contributed by atoms with Crippen LogP contribution in [0.3, 0.4) is 0 Å². The highest BCUT2D eigenvalue weighted by molar-refractivity contribution is 7.15. The van der Waals surface area contributed by atoms with E-state index >= 15 is 0 Å². The average Bonchev–Trinajstić information content (AvgIpc) is 3.14. The van der Waals surface area contributed by atoms with Crippen LogP contribution in [0, 0.1) is 6.92 Å². The first-order valence-corrected chi connectivity index (χ1v) is 8.13. The molecule has 0 bridgehead atoms. The summed E-state index contributed by atoms with van der Waals surface area (Å²) in [6.07, 6.45) is 1.98. The van der Waals surface area contributed by atoms with Crippen molar-refractivity contribution >= 4 is 16.5 Å². The minimum atomic E-state index is 0.410. The van der Waals surface area contributed by atoms with Crippen molar-refractivity contribution in [1.82, 2.24) is 20.0 Å². The van der Waals surface area contributed by atoms with Crippen LogP contribution in [-0.2, 0) is 6.54 Å². The summed E-state index contributed by atoms with van der Waals surface area (Å²) in [4.78, 5) is 0. The van der Waals surface area contributed by atoms with E-state index in [-0.39, 0.29) is 0 Å². The Morgan fingerprint density at radius 3 is 2.68 bits per heavy atom. The first-order valence-electron chi connectivity index (χ1n) is 7.31. The van der Waals surface area contributed by atoms with Crippen LogP contribution >= 0.6 is 11.3 Å². The number of benzene rings is 1. The normalized spacial score (nSPS) is 11.1. The Morgan fingerprint density at radius 2 is 2.00 bits per heavy atom. The van der Waals surface area contributed by atoms with Crippen LogP contribution in [0.5, 0.6) is 0 Å². The lowest BCUT2D eigenvalue weighted by molar-refractivity contribution is 0.824. The van der Waals surface area contributed by atoms with Gasteiger partial charge in [0.15, 0.2) is 0 Å². The number of hydrogen-bond donors (Lipinski definition) is 1. The molecule has 114 valence electrons. The Morgan fingerprint density at radius 1 is 1.18 bits per heavy atom. The van der Waals surface area contributed by atoms with Gasteiger partial charge in [0.25, 0.3) is 0 Å². The lowest BCUT2D eigenvalue weighted by Gasteiger charge is -2.09. The van der Waals surface area contributed by atoms with Gasteiger partial charge in [-0.1, -0.05) is 43.4 Å². The van der Waals surface area contributed by atoms with E-state index in [4.69, 9.17) is 0 Å². The maximum absolute atomic E-state index is 4.49. The second-order valence-electron chi connectivity index (χ2n) is 5.48. The second-order valence-corrected chi connectivity index (χ2v) is 6.49. The fraction of sp³-hybridized carbons (Fsp3) is 0.312. The van der Waals surface area contributed by atoms with Crippen LogP contribution in [0.2, 0.25) is 0 Å². The third kappa shape index (κ3) is 3.17. The maximum atomic E-state index is 4.49. The number of para-hydroxylation sites is 1. The van der Waals surface area contributed by atoms with E-state index in [2.05, 4.69) is 46.6 Å². The molecule has 0 aliphatic rings. The summed E-state index contributed by atoms with van der Waals surface area (Å²) in [5.74, 6) is 0.410. The van der Waals surface area contributed by atoms with Crippen LogP contribution in [0.15, 0.2) is 36.5 Å². The van der Waals surface area contributed by atoms with E-state index in [0.717, 1.165) is 21.5 Å². The summed E-state index contributed by atoms with van der Waals surface area (Å²) in [5.41, 5.74) is 3.26. The van der Waals surface area contributed by atoms with Gasteiger partial charge < -0.3 is 5.32 Å². The zero-order valence-electron chi connectivity index (χ0n) is 12.9. The standard InChI is InChI=1S/C16H19N5S/c1-11(2)15-18-19-16(22-15)17-10-13-6-4-5-7-14(13)21-9-8-12(3)20-21/h4-9,11H,10H2,1-3H3,(H,17,19). The summed E-state index contributed by atoms with van der Waals surface area (Å²) in [6.45, 7) is 6.94. The van der Waals surface area contributed by atoms with Gasteiger partial charge in [-0.25, -0.2) is 4.68 Å². The van der Waals surface area contributed by atoms with Crippen molar-refractivity contribution in [1.29, 1.82) is 0 Å². The molecule has 0 atom stereocenters. The third-order valence-electron chi connectivity index (χ3n) is 3.33. The quantitative estimate of drug-likeness (QED) is 0.779. The number of aromatic nitrogens is 4. The summed E-state index contributed by atoms with van der Waals surface area (Å²) in [6, 6.07) is 10.2. The molecule has 0 aliphatic heterocycles. The van der Waals surface area contributed by atoms with Crippen molar-refractivity contribution in [3.05, 3.63) is 52.8 Å². The molecule has 1 aromatic carbocycles.